The predicted octanol–water partition coefficient (Wildman–Crippen LogP) is 3.30. The van der Waals surface area contributed by atoms with Crippen LogP contribution in [0, 0.1) is 0 Å². The van der Waals surface area contributed by atoms with Crippen LogP contribution in [-0.2, 0) is 4.79 Å². The molecule has 0 saturated carbocycles. The Morgan fingerprint density at radius 3 is 2.90 bits per heavy atom. The van der Waals surface area contributed by atoms with Gasteiger partial charge in [0.05, 0.1) is 11.6 Å². The van der Waals surface area contributed by atoms with Gasteiger partial charge < -0.3 is 15.2 Å². The second-order valence-electron chi connectivity index (χ2n) is 5.13. The van der Waals surface area contributed by atoms with Crippen LogP contribution in [-0.4, -0.2) is 28.7 Å². The van der Waals surface area contributed by atoms with Crippen molar-refractivity contribution in [1.82, 2.24) is 4.98 Å². The summed E-state index contributed by atoms with van der Waals surface area (Å²) in [7, 11) is 0. The van der Waals surface area contributed by atoms with Gasteiger partial charge in [-0.2, -0.15) is 0 Å². The number of hydrogen-bond donors (Lipinski definition) is 2. The number of pyridine rings is 1. The Morgan fingerprint density at radius 2 is 2.19 bits per heavy atom. The average Bonchev–Trinajstić information content (AvgIpc) is 2.43. The van der Waals surface area contributed by atoms with Crippen LogP contribution in [0.2, 0.25) is 0 Å². The molecular weight excluding hydrogens is 268 g/mol. The highest BCUT2D eigenvalue weighted by Gasteiger charge is 2.05. The molecule has 5 nitrogen and oxygen atoms in total. The number of nitrogens with one attached hydrogen (secondary N) is 1. The third-order valence-corrected chi connectivity index (χ3v) is 2.97. The second kappa shape index (κ2) is 6.92. The summed E-state index contributed by atoms with van der Waals surface area (Å²) in [4.78, 5) is 14.8. The van der Waals surface area contributed by atoms with E-state index in [2.05, 4.69) is 10.3 Å². The summed E-state index contributed by atoms with van der Waals surface area (Å²) in [5.74, 6) is 0.0306. The molecule has 0 aliphatic heterocycles. The minimum Gasteiger partial charge on any atom is -0.491 e. The Morgan fingerprint density at radius 1 is 1.38 bits per heavy atom. The Hall–Kier alpha value is -2.30. The summed E-state index contributed by atoms with van der Waals surface area (Å²) in [5.41, 5.74) is 1.83. The molecule has 1 heterocycles. The van der Waals surface area contributed by atoms with Crippen molar-refractivity contribution in [3.05, 3.63) is 30.5 Å². The lowest BCUT2D eigenvalue weighted by atomic mass is 10.1. The molecule has 0 atom stereocenters. The molecule has 0 fully saturated rings. The van der Waals surface area contributed by atoms with Crippen molar-refractivity contribution in [3.63, 3.8) is 0 Å². The predicted molar refractivity (Wildman–Crippen MR) is 82.9 cm³/mol. The van der Waals surface area contributed by atoms with Crippen LogP contribution in [0.25, 0.3) is 10.9 Å². The topological polar surface area (TPSA) is 71.5 Å². The fourth-order valence-electron chi connectivity index (χ4n) is 2.09. The lowest BCUT2D eigenvalue weighted by Crippen LogP contribution is -2.06. The quantitative estimate of drug-likeness (QED) is 0.765. The first kappa shape index (κ1) is 15.1. The van der Waals surface area contributed by atoms with Gasteiger partial charge >= 0.3 is 5.97 Å². The Bertz CT molecular complexity index is 626. The number of rotatable bonds is 7. The summed E-state index contributed by atoms with van der Waals surface area (Å²) in [6, 6.07) is 7.68. The first-order valence-corrected chi connectivity index (χ1v) is 7.07. The smallest absolute Gasteiger partial charge is 0.303 e. The molecule has 1 aromatic carbocycles. The van der Waals surface area contributed by atoms with Crippen molar-refractivity contribution >= 4 is 22.6 Å². The minimum atomic E-state index is -0.774. The molecule has 21 heavy (non-hydrogen) atoms. The average molecular weight is 288 g/mol. The number of nitrogens with zero attached hydrogens (tertiary/aromatic N) is 1. The summed E-state index contributed by atoms with van der Waals surface area (Å²) in [5, 5.41) is 12.9. The van der Waals surface area contributed by atoms with Crippen molar-refractivity contribution in [2.75, 3.05) is 11.9 Å². The lowest BCUT2D eigenvalue weighted by Gasteiger charge is -2.12. The Labute approximate surface area is 124 Å². The van der Waals surface area contributed by atoms with Crippen LogP contribution in [0.5, 0.6) is 5.75 Å². The number of hydrogen-bond acceptors (Lipinski definition) is 4. The number of anilines is 1. The molecule has 0 spiro atoms. The SMILES string of the molecule is CC(C)Oc1ccc2nccc(NCCCC(=O)O)c2c1. The molecule has 0 aliphatic rings. The molecule has 1 aromatic heterocycles. The van der Waals surface area contributed by atoms with Crippen LogP contribution < -0.4 is 10.1 Å². The third kappa shape index (κ3) is 4.34. The molecule has 0 aliphatic carbocycles. The van der Waals surface area contributed by atoms with Crippen molar-refractivity contribution in [1.29, 1.82) is 0 Å². The van der Waals surface area contributed by atoms with Gasteiger partial charge in [-0.05, 0) is 44.5 Å². The fraction of sp³-hybridized carbons (Fsp3) is 0.375. The lowest BCUT2D eigenvalue weighted by molar-refractivity contribution is -0.137. The summed E-state index contributed by atoms with van der Waals surface area (Å²) in [6.07, 6.45) is 2.61. The number of ether oxygens (including phenoxy) is 1. The monoisotopic (exact) mass is 288 g/mol. The summed E-state index contributed by atoms with van der Waals surface area (Å²) < 4.78 is 5.70. The minimum absolute atomic E-state index is 0.117. The second-order valence-corrected chi connectivity index (χ2v) is 5.13. The highest BCUT2D eigenvalue weighted by atomic mass is 16.5. The Balaban J connectivity index is 2.15. The van der Waals surface area contributed by atoms with E-state index in [1.165, 1.54) is 0 Å². The highest BCUT2D eigenvalue weighted by Crippen LogP contribution is 2.26. The molecular formula is C16H20N2O3. The molecule has 0 amide bonds. The van der Waals surface area contributed by atoms with E-state index in [0.717, 1.165) is 22.3 Å². The van der Waals surface area contributed by atoms with E-state index >= 15 is 0 Å². The zero-order valence-electron chi connectivity index (χ0n) is 12.3. The van der Waals surface area contributed by atoms with E-state index in [1.807, 2.05) is 38.1 Å². The van der Waals surface area contributed by atoms with Crippen molar-refractivity contribution < 1.29 is 14.6 Å². The number of carbonyl (C=O) groups is 1. The first-order valence-electron chi connectivity index (χ1n) is 7.07. The zero-order valence-corrected chi connectivity index (χ0v) is 12.3. The molecule has 0 saturated heterocycles. The van der Waals surface area contributed by atoms with Gasteiger partial charge in [0, 0.05) is 30.2 Å². The van der Waals surface area contributed by atoms with Gasteiger partial charge in [0.15, 0.2) is 0 Å². The molecule has 2 N–H and O–H groups in total. The van der Waals surface area contributed by atoms with E-state index < -0.39 is 5.97 Å². The summed E-state index contributed by atoms with van der Waals surface area (Å²) in [6.45, 7) is 4.58. The number of fused-ring (bicyclic) bond motifs is 1. The van der Waals surface area contributed by atoms with Crippen LogP contribution >= 0.6 is 0 Å². The standard InChI is InChI=1S/C16H20N2O3/c1-11(2)21-12-5-6-14-13(10-12)15(7-9-18-14)17-8-3-4-16(19)20/h5-7,9-11H,3-4,8H2,1-2H3,(H,17,18)(H,19,20). The third-order valence-electron chi connectivity index (χ3n) is 2.97. The number of carboxylic acids is 1. The van der Waals surface area contributed by atoms with Crippen LogP contribution in [0.4, 0.5) is 5.69 Å². The Kier molecular flexibility index (Phi) is 4.98. The van der Waals surface area contributed by atoms with Crippen molar-refractivity contribution in [3.8, 4) is 5.75 Å². The maximum absolute atomic E-state index is 10.5. The van der Waals surface area contributed by atoms with Gasteiger partial charge in [-0.3, -0.25) is 9.78 Å². The van der Waals surface area contributed by atoms with Gasteiger partial charge in [-0.25, -0.2) is 0 Å². The molecule has 0 bridgehead atoms. The van der Waals surface area contributed by atoms with E-state index in [-0.39, 0.29) is 12.5 Å². The molecule has 2 aromatic rings. The maximum Gasteiger partial charge on any atom is 0.303 e. The van der Waals surface area contributed by atoms with Crippen LogP contribution in [0.1, 0.15) is 26.7 Å². The van der Waals surface area contributed by atoms with E-state index in [1.54, 1.807) is 6.20 Å². The van der Waals surface area contributed by atoms with Gasteiger partial charge in [-0.1, -0.05) is 0 Å². The van der Waals surface area contributed by atoms with E-state index in [9.17, 15) is 4.79 Å². The molecule has 2 rings (SSSR count). The highest BCUT2D eigenvalue weighted by molar-refractivity contribution is 5.92. The first-order chi connectivity index (χ1) is 10.1. The zero-order chi connectivity index (χ0) is 15.2. The number of aromatic nitrogens is 1. The molecule has 0 unspecified atom stereocenters. The van der Waals surface area contributed by atoms with Gasteiger partial charge in [-0.15, -0.1) is 0 Å². The van der Waals surface area contributed by atoms with Crippen LogP contribution in [0.15, 0.2) is 30.5 Å². The van der Waals surface area contributed by atoms with Gasteiger partial charge in [0.1, 0.15) is 5.75 Å². The summed E-state index contributed by atoms with van der Waals surface area (Å²) >= 11 is 0. The van der Waals surface area contributed by atoms with Crippen LogP contribution in [0.3, 0.4) is 0 Å². The number of aliphatic carboxylic acids is 1. The molecule has 112 valence electrons. The largest absolute Gasteiger partial charge is 0.491 e. The molecule has 0 radical (unpaired) electrons. The number of benzene rings is 1. The van der Waals surface area contributed by atoms with Crippen molar-refractivity contribution in [2.24, 2.45) is 0 Å². The number of carboxylic acid groups (broad SMARTS) is 1. The normalized spacial score (nSPS) is 10.8. The fourth-order valence-corrected chi connectivity index (χ4v) is 2.09. The van der Waals surface area contributed by atoms with Gasteiger partial charge in [0.2, 0.25) is 0 Å². The molecule has 5 heteroatoms. The van der Waals surface area contributed by atoms with E-state index in [4.69, 9.17) is 9.84 Å². The van der Waals surface area contributed by atoms with E-state index in [0.29, 0.717) is 13.0 Å². The van der Waals surface area contributed by atoms with Crippen molar-refractivity contribution in [2.45, 2.75) is 32.8 Å². The maximum atomic E-state index is 10.5. The van der Waals surface area contributed by atoms with Gasteiger partial charge in [0.25, 0.3) is 0 Å².